The van der Waals surface area contributed by atoms with E-state index >= 15 is 0 Å². The molecule has 1 heterocycles. The number of amides is 1. The molecule has 1 aromatic carbocycles. The summed E-state index contributed by atoms with van der Waals surface area (Å²) >= 11 is 1.39. The minimum absolute atomic E-state index is 0.0366. The van der Waals surface area contributed by atoms with Gasteiger partial charge in [-0.1, -0.05) is 18.2 Å². The van der Waals surface area contributed by atoms with Crippen LogP contribution in [0.4, 0.5) is 0 Å². The highest BCUT2D eigenvalue weighted by Gasteiger charge is 2.24. The van der Waals surface area contributed by atoms with Crippen LogP contribution in [0.5, 0.6) is 0 Å². The molecule has 21 heavy (non-hydrogen) atoms. The number of hydrogen-bond donors (Lipinski definition) is 0. The van der Waals surface area contributed by atoms with Gasteiger partial charge in [0.15, 0.2) is 5.78 Å². The van der Waals surface area contributed by atoms with Crippen LogP contribution in [0, 0.1) is 13.8 Å². The van der Waals surface area contributed by atoms with E-state index in [1.54, 1.807) is 20.0 Å². The van der Waals surface area contributed by atoms with Crippen LogP contribution in [-0.2, 0) is 0 Å². The molecule has 0 spiro atoms. The van der Waals surface area contributed by atoms with E-state index in [4.69, 9.17) is 0 Å². The third-order valence-electron chi connectivity index (χ3n) is 3.80. The average molecular weight is 301 g/mol. The first-order chi connectivity index (χ1) is 9.91. The number of ketones is 1. The van der Waals surface area contributed by atoms with E-state index in [2.05, 4.69) is 0 Å². The van der Waals surface area contributed by atoms with Gasteiger partial charge in [-0.3, -0.25) is 9.59 Å². The molecule has 1 atom stereocenters. The predicted molar refractivity (Wildman–Crippen MR) is 86.1 cm³/mol. The van der Waals surface area contributed by atoms with Crippen molar-refractivity contribution in [1.29, 1.82) is 0 Å². The summed E-state index contributed by atoms with van der Waals surface area (Å²) in [5.41, 5.74) is 2.89. The Morgan fingerprint density at radius 1 is 1.14 bits per heavy atom. The first kappa shape index (κ1) is 15.4. The Morgan fingerprint density at radius 3 is 2.43 bits per heavy atom. The van der Waals surface area contributed by atoms with E-state index in [0.717, 1.165) is 11.1 Å². The molecule has 0 fully saturated rings. The number of hydrogen-bond acceptors (Lipinski definition) is 3. The zero-order valence-corrected chi connectivity index (χ0v) is 13.5. The van der Waals surface area contributed by atoms with Gasteiger partial charge >= 0.3 is 0 Å². The summed E-state index contributed by atoms with van der Waals surface area (Å²) in [5, 5.41) is 1.86. The molecule has 1 amide bonds. The first-order valence-electron chi connectivity index (χ1n) is 6.84. The van der Waals surface area contributed by atoms with Crippen molar-refractivity contribution in [1.82, 2.24) is 4.90 Å². The zero-order valence-electron chi connectivity index (χ0n) is 12.7. The van der Waals surface area contributed by atoms with Gasteiger partial charge in [-0.2, -0.15) is 0 Å². The molecule has 1 unspecified atom stereocenters. The van der Waals surface area contributed by atoms with E-state index in [9.17, 15) is 9.59 Å². The molecule has 0 aliphatic rings. The lowest BCUT2D eigenvalue weighted by Crippen LogP contribution is -2.40. The topological polar surface area (TPSA) is 37.4 Å². The van der Waals surface area contributed by atoms with Crippen molar-refractivity contribution >= 4 is 23.0 Å². The first-order valence-corrected chi connectivity index (χ1v) is 7.72. The van der Waals surface area contributed by atoms with Gasteiger partial charge in [0.2, 0.25) is 0 Å². The summed E-state index contributed by atoms with van der Waals surface area (Å²) in [5.74, 6) is -0.153. The number of Topliss-reactive ketones (excluding diaryl/α,β-unsaturated/α-hetero) is 1. The quantitative estimate of drug-likeness (QED) is 0.807. The average Bonchev–Trinajstić information content (AvgIpc) is 3.01. The number of likely N-dealkylation sites (N-methyl/N-ethyl adjacent to an activating group) is 1. The van der Waals surface area contributed by atoms with Crippen LogP contribution in [0.15, 0.2) is 35.7 Å². The maximum atomic E-state index is 12.5. The summed E-state index contributed by atoms with van der Waals surface area (Å²) in [6.07, 6.45) is 0. The summed E-state index contributed by atoms with van der Waals surface area (Å²) in [6.45, 7) is 5.76. The molecule has 0 aliphatic heterocycles. The van der Waals surface area contributed by atoms with Crippen LogP contribution in [0.25, 0.3) is 0 Å². The molecule has 0 saturated carbocycles. The minimum atomic E-state index is -0.485. The number of nitrogens with zero attached hydrogens (tertiary/aromatic N) is 1. The van der Waals surface area contributed by atoms with E-state index in [1.807, 2.05) is 43.5 Å². The van der Waals surface area contributed by atoms with E-state index in [0.29, 0.717) is 10.4 Å². The Hall–Kier alpha value is -1.94. The number of carbonyl (C=O) groups excluding carboxylic acids is 2. The van der Waals surface area contributed by atoms with E-state index in [-0.39, 0.29) is 11.7 Å². The molecule has 2 rings (SSSR count). The minimum Gasteiger partial charge on any atom is -0.331 e. The Balaban J connectivity index is 2.18. The molecular weight excluding hydrogens is 282 g/mol. The predicted octanol–water partition coefficient (Wildman–Crippen LogP) is 3.71. The highest BCUT2D eigenvalue weighted by molar-refractivity contribution is 7.12. The Kier molecular flexibility index (Phi) is 4.58. The fraction of sp³-hybridized carbons (Fsp3) is 0.294. The van der Waals surface area contributed by atoms with Crippen molar-refractivity contribution in [3.05, 3.63) is 57.3 Å². The van der Waals surface area contributed by atoms with Crippen LogP contribution in [0.2, 0.25) is 0 Å². The van der Waals surface area contributed by atoms with Crippen LogP contribution >= 0.6 is 11.3 Å². The van der Waals surface area contributed by atoms with E-state index in [1.165, 1.54) is 16.2 Å². The molecule has 3 nitrogen and oxygen atoms in total. The highest BCUT2D eigenvalue weighted by Crippen LogP contribution is 2.17. The fourth-order valence-electron chi connectivity index (χ4n) is 2.06. The van der Waals surface area contributed by atoms with Crippen LogP contribution in [0.3, 0.4) is 0 Å². The molecule has 0 bridgehead atoms. The van der Waals surface area contributed by atoms with Crippen molar-refractivity contribution in [3.8, 4) is 0 Å². The van der Waals surface area contributed by atoms with Gasteiger partial charge in [0, 0.05) is 12.6 Å². The third-order valence-corrected chi connectivity index (χ3v) is 4.66. The molecule has 0 saturated heterocycles. The van der Waals surface area contributed by atoms with Crippen molar-refractivity contribution in [3.63, 3.8) is 0 Å². The summed E-state index contributed by atoms with van der Waals surface area (Å²) in [4.78, 5) is 27.0. The summed E-state index contributed by atoms with van der Waals surface area (Å²) < 4.78 is 0. The Labute approximate surface area is 129 Å². The lowest BCUT2D eigenvalue weighted by atomic mass is 10.00. The molecular formula is C17H19NO2S. The maximum absolute atomic E-state index is 12.5. The molecule has 1 aromatic heterocycles. The molecule has 2 aromatic rings. The summed E-state index contributed by atoms with van der Waals surface area (Å²) in [6, 6.07) is 8.78. The van der Waals surface area contributed by atoms with Gasteiger partial charge in [-0.25, -0.2) is 0 Å². The lowest BCUT2D eigenvalue weighted by Gasteiger charge is -2.23. The number of aryl methyl sites for hydroxylation is 2. The SMILES string of the molecule is Cc1ccc(C(=O)C(C)N(C)C(=O)c2cccs2)cc1C. The molecule has 4 heteroatoms. The van der Waals surface area contributed by atoms with Gasteiger partial charge in [0.25, 0.3) is 5.91 Å². The second-order valence-electron chi connectivity index (χ2n) is 5.23. The standard InChI is InChI=1S/C17H19NO2S/c1-11-7-8-14(10-12(11)2)16(19)13(3)18(4)17(20)15-6-5-9-21-15/h5-10,13H,1-4H3. The van der Waals surface area contributed by atoms with Crippen LogP contribution in [0.1, 0.15) is 38.1 Å². The van der Waals surface area contributed by atoms with Gasteiger partial charge < -0.3 is 4.90 Å². The zero-order chi connectivity index (χ0) is 15.6. The molecule has 0 N–H and O–H groups in total. The van der Waals surface area contributed by atoms with Gasteiger partial charge in [0.1, 0.15) is 0 Å². The van der Waals surface area contributed by atoms with Crippen molar-refractivity contribution in [2.75, 3.05) is 7.05 Å². The van der Waals surface area contributed by atoms with Crippen molar-refractivity contribution in [2.24, 2.45) is 0 Å². The third kappa shape index (κ3) is 3.22. The summed E-state index contributed by atoms with van der Waals surface area (Å²) in [7, 11) is 1.67. The van der Waals surface area contributed by atoms with Crippen molar-refractivity contribution < 1.29 is 9.59 Å². The molecule has 110 valence electrons. The van der Waals surface area contributed by atoms with Crippen LogP contribution < -0.4 is 0 Å². The van der Waals surface area contributed by atoms with Crippen molar-refractivity contribution in [2.45, 2.75) is 26.8 Å². The smallest absolute Gasteiger partial charge is 0.264 e. The Bertz CT molecular complexity index is 661. The number of rotatable bonds is 4. The fourth-order valence-corrected chi connectivity index (χ4v) is 2.77. The lowest BCUT2D eigenvalue weighted by molar-refractivity contribution is 0.0678. The normalized spacial score (nSPS) is 12.0. The van der Waals surface area contributed by atoms with Gasteiger partial charge in [-0.15, -0.1) is 11.3 Å². The number of thiophene rings is 1. The molecule has 0 aliphatic carbocycles. The maximum Gasteiger partial charge on any atom is 0.264 e. The number of carbonyl (C=O) groups is 2. The highest BCUT2D eigenvalue weighted by atomic mass is 32.1. The van der Waals surface area contributed by atoms with Gasteiger partial charge in [0.05, 0.1) is 10.9 Å². The molecule has 0 radical (unpaired) electrons. The second-order valence-corrected chi connectivity index (χ2v) is 6.18. The second kappa shape index (κ2) is 6.22. The monoisotopic (exact) mass is 301 g/mol. The largest absolute Gasteiger partial charge is 0.331 e. The Morgan fingerprint density at radius 2 is 1.86 bits per heavy atom. The van der Waals surface area contributed by atoms with Crippen LogP contribution in [-0.4, -0.2) is 29.7 Å². The van der Waals surface area contributed by atoms with Gasteiger partial charge in [-0.05, 0) is 49.4 Å². The number of benzene rings is 1. The van der Waals surface area contributed by atoms with E-state index < -0.39 is 6.04 Å².